The van der Waals surface area contributed by atoms with E-state index in [1.165, 1.54) is 5.56 Å². The third-order valence-electron chi connectivity index (χ3n) is 5.57. The molecule has 1 aliphatic rings. The van der Waals surface area contributed by atoms with Gasteiger partial charge < -0.3 is 15.1 Å². The number of pyridine rings is 1. The molecular weight excluding hydrogens is 372 g/mol. The number of benzene rings is 2. The van der Waals surface area contributed by atoms with Crippen molar-refractivity contribution in [1.82, 2.24) is 4.90 Å². The molecule has 1 saturated carbocycles. The van der Waals surface area contributed by atoms with Crippen LogP contribution in [0.4, 0.5) is 11.4 Å². The molecule has 3 aromatic rings. The third kappa shape index (κ3) is 5.05. The number of para-hydroxylation sites is 1. The maximum Gasteiger partial charge on any atom is 0.243 e. The molecule has 2 aromatic carbocycles. The number of amides is 1. The Kier molecular flexibility index (Phi) is 6.10. The van der Waals surface area contributed by atoms with Gasteiger partial charge in [-0.25, -0.2) is 4.57 Å². The standard InChI is InChI=1S/C25H28N4O/c1-27(2)23-17-24(23)29(22-11-7-4-8-12-22)19-25(30)26-21-13-15-28(16-14-21)18-20-9-5-3-6-10-20/h3-16,23-24H,17-19H2,1-2H3/p+1. The van der Waals surface area contributed by atoms with Gasteiger partial charge in [0.2, 0.25) is 5.91 Å². The molecule has 0 aliphatic heterocycles. The van der Waals surface area contributed by atoms with Crippen LogP contribution in [0.15, 0.2) is 85.2 Å². The molecule has 0 spiro atoms. The zero-order chi connectivity index (χ0) is 20.9. The second-order valence-corrected chi connectivity index (χ2v) is 8.09. The minimum atomic E-state index is 0.00377. The minimum absolute atomic E-state index is 0.00377. The first-order chi connectivity index (χ1) is 14.6. The molecular formula is C25H29N4O+. The number of hydrogen-bond acceptors (Lipinski definition) is 3. The van der Waals surface area contributed by atoms with Crippen LogP contribution in [-0.2, 0) is 11.3 Å². The van der Waals surface area contributed by atoms with Gasteiger partial charge in [0.05, 0.1) is 12.2 Å². The van der Waals surface area contributed by atoms with Gasteiger partial charge >= 0.3 is 0 Å². The predicted octanol–water partition coefficient (Wildman–Crippen LogP) is 3.17. The fraction of sp³-hybridized carbons (Fsp3) is 0.280. The van der Waals surface area contributed by atoms with Gasteiger partial charge in [-0.1, -0.05) is 48.5 Å². The van der Waals surface area contributed by atoms with E-state index in [9.17, 15) is 4.79 Å². The summed E-state index contributed by atoms with van der Waals surface area (Å²) in [7, 11) is 4.20. The molecule has 0 bridgehead atoms. The van der Waals surface area contributed by atoms with Gasteiger partial charge in [0.1, 0.15) is 0 Å². The Balaban J connectivity index is 1.39. The lowest BCUT2D eigenvalue weighted by Crippen LogP contribution is -2.38. The second kappa shape index (κ2) is 9.09. The van der Waals surface area contributed by atoms with Crippen molar-refractivity contribution in [2.75, 3.05) is 30.9 Å². The Hall–Kier alpha value is -3.18. The number of likely N-dealkylation sites (N-methyl/N-ethyl adjacent to an activating group) is 1. The predicted molar refractivity (Wildman–Crippen MR) is 120 cm³/mol. The van der Waals surface area contributed by atoms with Crippen LogP contribution < -0.4 is 14.8 Å². The van der Waals surface area contributed by atoms with E-state index in [1.807, 2.05) is 60.9 Å². The quantitative estimate of drug-likeness (QED) is 0.590. The highest BCUT2D eigenvalue weighted by Crippen LogP contribution is 2.35. The molecule has 4 rings (SSSR count). The molecule has 30 heavy (non-hydrogen) atoms. The maximum absolute atomic E-state index is 12.8. The molecule has 0 saturated heterocycles. The van der Waals surface area contributed by atoms with E-state index in [1.54, 1.807) is 0 Å². The van der Waals surface area contributed by atoms with Crippen LogP contribution in [-0.4, -0.2) is 43.5 Å². The number of carbonyl (C=O) groups is 1. The highest BCUT2D eigenvalue weighted by molar-refractivity contribution is 5.94. The molecule has 0 radical (unpaired) electrons. The van der Waals surface area contributed by atoms with E-state index in [-0.39, 0.29) is 5.91 Å². The van der Waals surface area contributed by atoms with Gasteiger partial charge in [-0.2, -0.15) is 0 Å². The van der Waals surface area contributed by atoms with Gasteiger partial charge in [-0.05, 0) is 32.6 Å². The van der Waals surface area contributed by atoms with Gasteiger partial charge in [0.25, 0.3) is 0 Å². The molecule has 1 aromatic heterocycles. The van der Waals surface area contributed by atoms with E-state index in [4.69, 9.17) is 0 Å². The third-order valence-corrected chi connectivity index (χ3v) is 5.57. The number of anilines is 2. The Morgan fingerprint density at radius 3 is 2.17 bits per heavy atom. The molecule has 154 valence electrons. The maximum atomic E-state index is 12.8. The first kappa shape index (κ1) is 20.1. The summed E-state index contributed by atoms with van der Waals surface area (Å²) in [4.78, 5) is 17.3. The lowest BCUT2D eigenvalue weighted by Gasteiger charge is -2.26. The van der Waals surface area contributed by atoms with Gasteiger partial charge in [0.15, 0.2) is 18.9 Å². The molecule has 1 aliphatic carbocycles. The molecule has 2 unspecified atom stereocenters. The van der Waals surface area contributed by atoms with Crippen LogP contribution in [0.1, 0.15) is 12.0 Å². The summed E-state index contributed by atoms with van der Waals surface area (Å²) < 4.78 is 2.10. The number of aromatic nitrogens is 1. The molecule has 1 amide bonds. The molecule has 1 N–H and O–H groups in total. The summed E-state index contributed by atoms with van der Waals surface area (Å²) in [5, 5.41) is 3.05. The van der Waals surface area contributed by atoms with E-state index < -0.39 is 0 Å². The first-order valence-corrected chi connectivity index (χ1v) is 10.4. The summed E-state index contributed by atoms with van der Waals surface area (Å²) >= 11 is 0. The number of nitrogens with zero attached hydrogens (tertiary/aromatic N) is 3. The van der Waals surface area contributed by atoms with Crippen molar-refractivity contribution in [3.05, 3.63) is 90.8 Å². The Labute approximate surface area is 178 Å². The van der Waals surface area contributed by atoms with Gasteiger partial charge in [-0.15, -0.1) is 0 Å². The first-order valence-electron chi connectivity index (χ1n) is 10.4. The van der Waals surface area contributed by atoms with Gasteiger partial charge in [0, 0.05) is 35.5 Å². The number of carbonyl (C=O) groups excluding carboxylic acids is 1. The Morgan fingerprint density at radius 1 is 0.933 bits per heavy atom. The number of hydrogen-bond donors (Lipinski definition) is 1. The van der Waals surface area contributed by atoms with Crippen LogP contribution in [0.5, 0.6) is 0 Å². The monoisotopic (exact) mass is 401 g/mol. The van der Waals surface area contributed by atoms with Crippen molar-refractivity contribution < 1.29 is 9.36 Å². The fourth-order valence-corrected chi connectivity index (χ4v) is 3.87. The summed E-state index contributed by atoms with van der Waals surface area (Å²) in [6.07, 6.45) is 5.08. The average Bonchev–Trinajstić information content (AvgIpc) is 3.56. The summed E-state index contributed by atoms with van der Waals surface area (Å²) in [6.45, 7) is 1.16. The minimum Gasteiger partial charge on any atom is -0.358 e. The van der Waals surface area contributed by atoms with Crippen LogP contribution in [0.2, 0.25) is 0 Å². The topological polar surface area (TPSA) is 39.5 Å². The van der Waals surface area contributed by atoms with Crippen LogP contribution in [0.3, 0.4) is 0 Å². The normalized spacial score (nSPS) is 17.6. The highest BCUT2D eigenvalue weighted by Gasteiger charge is 2.44. The Bertz CT molecular complexity index is 957. The summed E-state index contributed by atoms with van der Waals surface area (Å²) in [6, 6.07) is 25.3. The molecule has 5 heteroatoms. The zero-order valence-electron chi connectivity index (χ0n) is 17.6. The van der Waals surface area contributed by atoms with Crippen LogP contribution in [0.25, 0.3) is 0 Å². The van der Waals surface area contributed by atoms with Crippen molar-refractivity contribution in [3.63, 3.8) is 0 Å². The molecule has 5 nitrogen and oxygen atoms in total. The molecule has 1 fully saturated rings. The fourth-order valence-electron chi connectivity index (χ4n) is 3.87. The van der Waals surface area contributed by atoms with E-state index in [0.29, 0.717) is 18.6 Å². The SMILES string of the molecule is CN(C)C1CC1N(CC(=O)Nc1cc[n+](Cc2ccccc2)cc1)c1ccccc1. The van der Waals surface area contributed by atoms with Crippen molar-refractivity contribution in [3.8, 4) is 0 Å². The van der Waals surface area contributed by atoms with Crippen molar-refractivity contribution in [2.24, 2.45) is 0 Å². The largest absolute Gasteiger partial charge is 0.358 e. The summed E-state index contributed by atoms with van der Waals surface area (Å²) in [5.74, 6) is 0.00377. The second-order valence-electron chi connectivity index (χ2n) is 8.09. The van der Waals surface area contributed by atoms with Crippen molar-refractivity contribution >= 4 is 17.3 Å². The van der Waals surface area contributed by atoms with Gasteiger partial charge in [-0.3, -0.25) is 4.79 Å². The van der Waals surface area contributed by atoms with E-state index >= 15 is 0 Å². The molecule has 2 atom stereocenters. The van der Waals surface area contributed by atoms with E-state index in [0.717, 1.165) is 24.3 Å². The zero-order valence-corrected chi connectivity index (χ0v) is 17.6. The Morgan fingerprint density at radius 2 is 1.57 bits per heavy atom. The van der Waals surface area contributed by atoms with Crippen LogP contribution >= 0.6 is 0 Å². The summed E-state index contributed by atoms with van der Waals surface area (Å²) in [5.41, 5.74) is 3.16. The van der Waals surface area contributed by atoms with Crippen LogP contribution in [0, 0.1) is 0 Å². The van der Waals surface area contributed by atoms with Crippen molar-refractivity contribution in [1.29, 1.82) is 0 Å². The van der Waals surface area contributed by atoms with Crippen molar-refractivity contribution in [2.45, 2.75) is 25.0 Å². The van der Waals surface area contributed by atoms with E-state index in [2.05, 4.69) is 58.0 Å². The average molecular weight is 402 g/mol. The molecule has 1 heterocycles. The smallest absolute Gasteiger partial charge is 0.243 e. The number of nitrogens with one attached hydrogen (secondary N) is 1. The number of rotatable bonds is 8. The lowest BCUT2D eigenvalue weighted by molar-refractivity contribution is -0.688. The lowest BCUT2D eigenvalue weighted by atomic mass is 10.2. The highest BCUT2D eigenvalue weighted by atomic mass is 16.2.